The van der Waals surface area contributed by atoms with Crippen LogP contribution in [0.4, 0.5) is 0 Å². The van der Waals surface area contributed by atoms with Crippen LogP contribution >= 0.6 is 7.60 Å². The van der Waals surface area contributed by atoms with Gasteiger partial charge in [0.1, 0.15) is 17.1 Å². The Labute approximate surface area is 113 Å². The lowest BCUT2D eigenvalue weighted by Crippen LogP contribution is -2.26. The summed E-state index contributed by atoms with van der Waals surface area (Å²) in [6, 6.07) is 2.99. The Kier molecular flexibility index (Phi) is 3.60. The monoisotopic (exact) mass is 300 g/mol. The molecule has 1 aromatic carbocycles. The van der Waals surface area contributed by atoms with E-state index in [0.717, 1.165) is 0 Å². The number of hydrogen-bond acceptors (Lipinski definition) is 5. The van der Waals surface area contributed by atoms with Crippen molar-refractivity contribution >= 4 is 23.9 Å². The van der Waals surface area contributed by atoms with Gasteiger partial charge in [0.05, 0.1) is 19.6 Å². The second kappa shape index (κ2) is 4.94. The Morgan fingerprint density at radius 1 is 1.20 bits per heavy atom. The van der Waals surface area contributed by atoms with E-state index in [9.17, 15) is 19.1 Å². The maximum atomic E-state index is 11.8. The van der Waals surface area contributed by atoms with Crippen LogP contribution in [0.15, 0.2) is 21.3 Å². The molecule has 0 amide bonds. The molecule has 0 atom stereocenters. The van der Waals surface area contributed by atoms with Gasteiger partial charge in [-0.1, -0.05) is 0 Å². The Balaban J connectivity index is 2.99. The number of benzene rings is 1. The minimum Gasteiger partial charge on any atom is -0.496 e. The Bertz CT molecular complexity index is 771. The highest BCUT2D eigenvalue weighted by molar-refractivity contribution is 7.60. The second-order valence-corrected chi connectivity index (χ2v) is 5.65. The maximum absolute atomic E-state index is 11.8. The average Bonchev–Trinajstić information content (AvgIpc) is 2.35. The zero-order valence-corrected chi connectivity index (χ0v) is 11.9. The smallest absolute Gasteiger partial charge is 0.363 e. The van der Waals surface area contributed by atoms with E-state index in [0.29, 0.717) is 16.9 Å². The van der Waals surface area contributed by atoms with Crippen LogP contribution in [0.3, 0.4) is 0 Å². The highest BCUT2D eigenvalue weighted by Gasteiger charge is 2.28. The second-order valence-electron chi connectivity index (χ2n) is 4.11. The first kappa shape index (κ1) is 14.6. The molecule has 1 heterocycles. The lowest BCUT2D eigenvalue weighted by Gasteiger charge is -2.12. The van der Waals surface area contributed by atoms with Gasteiger partial charge in [-0.2, -0.15) is 0 Å². The van der Waals surface area contributed by atoms with Gasteiger partial charge in [0.25, 0.3) is 0 Å². The van der Waals surface area contributed by atoms with Crippen LogP contribution in [0.25, 0.3) is 11.0 Å². The standard InChI is InChI=1S/C12H13O7P/c1-6-10-8(18-3)4-7(17-2)5-9(10)19-12(13)11(6)20(14,15)16/h4-5H,1-3H3,(H2,14,15,16). The number of rotatable bonds is 3. The number of ether oxygens (including phenoxy) is 2. The lowest BCUT2D eigenvalue weighted by atomic mass is 10.1. The predicted molar refractivity (Wildman–Crippen MR) is 72.0 cm³/mol. The molecule has 0 saturated heterocycles. The fourth-order valence-electron chi connectivity index (χ4n) is 2.05. The van der Waals surface area contributed by atoms with Crippen LogP contribution in [0, 0.1) is 6.92 Å². The molecule has 1 aromatic heterocycles. The number of methoxy groups -OCH3 is 2. The van der Waals surface area contributed by atoms with E-state index in [-0.39, 0.29) is 11.1 Å². The molecule has 8 heteroatoms. The summed E-state index contributed by atoms with van der Waals surface area (Å²) < 4.78 is 26.6. The fourth-order valence-corrected chi connectivity index (χ4v) is 2.88. The molecule has 0 aliphatic heterocycles. The van der Waals surface area contributed by atoms with E-state index in [2.05, 4.69) is 0 Å². The van der Waals surface area contributed by atoms with Crippen molar-refractivity contribution in [3.8, 4) is 11.5 Å². The summed E-state index contributed by atoms with van der Waals surface area (Å²) in [6.07, 6.45) is 0. The summed E-state index contributed by atoms with van der Waals surface area (Å²) >= 11 is 0. The molecule has 0 spiro atoms. The van der Waals surface area contributed by atoms with Crippen LogP contribution in [-0.2, 0) is 4.57 Å². The van der Waals surface area contributed by atoms with Gasteiger partial charge in [0, 0.05) is 12.1 Å². The van der Waals surface area contributed by atoms with Crippen molar-refractivity contribution in [1.29, 1.82) is 0 Å². The van der Waals surface area contributed by atoms with Crippen molar-refractivity contribution in [1.82, 2.24) is 0 Å². The summed E-state index contributed by atoms with van der Waals surface area (Å²) in [7, 11) is -1.90. The molecular formula is C12H13O7P. The molecule has 2 rings (SSSR count). The number of hydrogen-bond donors (Lipinski definition) is 2. The minimum absolute atomic E-state index is 0.129. The van der Waals surface area contributed by atoms with Crippen molar-refractivity contribution in [3.63, 3.8) is 0 Å². The molecule has 0 bridgehead atoms. The van der Waals surface area contributed by atoms with E-state index in [1.807, 2.05) is 0 Å². The van der Waals surface area contributed by atoms with Crippen molar-refractivity contribution in [2.24, 2.45) is 0 Å². The van der Waals surface area contributed by atoms with Gasteiger partial charge >= 0.3 is 13.2 Å². The molecule has 0 radical (unpaired) electrons. The SMILES string of the molecule is COc1cc(OC)c2c(C)c(P(=O)(O)O)c(=O)oc2c1. The molecule has 108 valence electrons. The van der Waals surface area contributed by atoms with Gasteiger partial charge in [-0.25, -0.2) is 4.79 Å². The molecule has 2 aromatic rings. The Morgan fingerprint density at radius 2 is 1.85 bits per heavy atom. The molecule has 0 unspecified atom stereocenters. The van der Waals surface area contributed by atoms with Crippen LogP contribution in [-0.4, -0.2) is 24.0 Å². The maximum Gasteiger partial charge on any atom is 0.363 e. The molecule has 0 saturated carbocycles. The zero-order valence-electron chi connectivity index (χ0n) is 11.0. The Hall–Kier alpha value is -1.82. The molecular weight excluding hydrogens is 287 g/mol. The summed E-state index contributed by atoms with van der Waals surface area (Å²) in [5.74, 6) is 0.705. The third-order valence-electron chi connectivity index (χ3n) is 2.91. The average molecular weight is 300 g/mol. The minimum atomic E-state index is -4.74. The topological polar surface area (TPSA) is 106 Å². The first-order chi connectivity index (χ1) is 9.29. The number of aryl methyl sites for hydroxylation is 1. The van der Waals surface area contributed by atoms with Gasteiger partial charge < -0.3 is 23.7 Å². The summed E-state index contributed by atoms with van der Waals surface area (Å²) in [5.41, 5.74) is -0.802. The predicted octanol–water partition coefficient (Wildman–Crippen LogP) is 0.922. The van der Waals surface area contributed by atoms with E-state index in [4.69, 9.17) is 13.9 Å². The molecule has 0 aliphatic carbocycles. The van der Waals surface area contributed by atoms with Crippen LogP contribution in [0.1, 0.15) is 5.56 Å². The van der Waals surface area contributed by atoms with E-state index in [1.54, 1.807) is 6.07 Å². The van der Waals surface area contributed by atoms with Crippen molar-refractivity contribution in [3.05, 3.63) is 28.1 Å². The quantitative estimate of drug-likeness (QED) is 0.641. The van der Waals surface area contributed by atoms with E-state index in [1.165, 1.54) is 27.2 Å². The van der Waals surface area contributed by atoms with Crippen LogP contribution in [0.2, 0.25) is 0 Å². The summed E-state index contributed by atoms with van der Waals surface area (Å²) in [6.45, 7) is 1.43. The summed E-state index contributed by atoms with van der Waals surface area (Å²) in [5, 5.41) is -0.334. The van der Waals surface area contributed by atoms with E-state index >= 15 is 0 Å². The van der Waals surface area contributed by atoms with Gasteiger partial charge in [0.2, 0.25) is 0 Å². The third-order valence-corrected chi connectivity index (χ3v) is 4.01. The highest BCUT2D eigenvalue weighted by Crippen LogP contribution is 2.38. The molecule has 7 nitrogen and oxygen atoms in total. The largest absolute Gasteiger partial charge is 0.496 e. The van der Waals surface area contributed by atoms with Crippen molar-refractivity contribution in [2.75, 3.05) is 14.2 Å². The fraction of sp³-hybridized carbons (Fsp3) is 0.250. The lowest BCUT2D eigenvalue weighted by molar-refractivity contribution is 0.385. The first-order valence-electron chi connectivity index (χ1n) is 5.55. The molecule has 2 N–H and O–H groups in total. The van der Waals surface area contributed by atoms with Crippen molar-refractivity contribution < 1.29 is 28.2 Å². The third kappa shape index (κ3) is 2.31. The van der Waals surface area contributed by atoms with Crippen LogP contribution < -0.4 is 20.4 Å². The Morgan fingerprint density at radius 3 is 2.35 bits per heavy atom. The number of fused-ring (bicyclic) bond motifs is 1. The normalized spacial score (nSPS) is 11.7. The van der Waals surface area contributed by atoms with Gasteiger partial charge in [-0.15, -0.1) is 0 Å². The zero-order chi connectivity index (χ0) is 15.1. The van der Waals surface area contributed by atoms with E-state index < -0.39 is 18.5 Å². The van der Waals surface area contributed by atoms with Gasteiger partial charge in [-0.3, -0.25) is 4.57 Å². The van der Waals surface area contributed by atoms with Crippen molar-refractivity contribution in [2.45, 2.75) is 6.92 Å². The van der Waals surface area contributed by atoms with Crippen LogP contribution in [0.5, 0.6) is 11.5 Å². The highest BCUT2D eigenvalue weighted by atomic mass is 31.2. The van der Waals surface area contributed by atoms with Gasteiger partial charge in [-0.05, 0) is 12.5 Å². The molecule has 0 fully saturated rings. The first-order valence-corrected chi connectivity index (χ1v) is 7.16. The molecule has 0 aliphatic rings. The summed E-state index contributed by atoms with van der Waals surface area (Å²) in [4.78, 5) is 30.3. The van der Waals surface area contributed by atoms with Gasteiger partial charge in [0.15, 0.2) is 5.30 Å². The molecule has 20 heavy (non-hydrogen) atoms.